The molecule has 3 aliphatic rings. The van der Waals surface area contributed by atoms with Gasteiger partial charge in [-0.1, -0.05) is 51.5 Å². The van der Waals surface area contributed by atoms with Crippen molar-refractivity contribution in [1.29, 1.82) is 0 Å². The largest absolute Gasteiger partial charge is 0.459 e. The lowest BCUT2D eigenvalue weighted by Crippen LogP contribution is -2.69. The number of carbonyl (C=O) groups excluding carboxylic acids is 3. The fourth-order valence-electron chi connectivity index (χ4n) is 6.87. The number of methoxy groups -OCH3 is 1. The maximum atomic E-state index is 12.7. The van der Waals surface area contributed by atoms with E-state index in [-0.39, 0.29) is 17.9 Å². The summed E-state index contributed by atoms with van der Waals surface area (Å²) in [4.78, 5) is 37.4. The van der Waals surface area contributed by atoms with Crippen LogP contribution in [0.5, 0.6) is 0 Å². The Bertz CT molecular complexity index is 1030. The van der Waals surface area contributed by atoms with Gasteiger partial charge in [-0.15, -0.1) is 0 Å². The van der Waals surface area contributed by atoms with Crippen LogP contribution < -0.4 is 0 Å². The van der Waals surface area contributed by atoms with Gasteiger partial charge in [0.2, 0.25) is 12.6 Å². The molecule has 1 heterocycles. The van der Waals surface area contributed by atoms with E-state index in [1.165, 1.54) is 20.8 Å². The number of hydrogen-bond acceptors (Lipinski definition) is 9. The number of ether oxygens (including phenoxy) is 6. The Kier molecular flexibility index (Phi) is 10.4. The Morgan fingerprint density at radius 2 is 1.75 bits per heavy atom. The van der Waals surface area contributed by atoms with Gasteiger partial charge >= 0.3 is 17.9 Å². The number of esters is 3. The van der Waals surface area contributed by atoms with Crippen LogP contribution >= 0.6 is 0 Å². The average molecular weight is 563 g/mol. The quantitative estimate of drug-likeness (QED) is 0.113. The molecule has 9 heteroatoms. The van der Waals surface area contributed by atoms with Crippen LogP contribution in [0.25, 0.3) is 0 Å². The summed E-state index contributed by atoms with van der Waals surface area (Å²) in [6.45, 7) is 16.7. The predicted molar refractivity (Wildman–Crippen MR) is 148 cm³/mol. The molecule has 0 N–H and O–H groups in total. The molecule has 0 aromatic rings. The Hall–Kier alpha value is -2.49. The summed E-state index contributed by atoms with van der Waals surface area (Å²) < 4.78 is 36.4. The second-order valence-corrected chi connectivity index (χ2v) is 11.5. The van der Waals surface area contributed by atoms with Crippen molar-refractivity contribution in [2.45, 2.75) is 105 Å². The lowest BCUT2D eigenvalue weighted by molar-refractivity contribution is -0.281. The minimum Gasteiger partial charge on any atom is -0.459 e. The van der Waals surface area contributed by atoms with Crippen molar-refractivity contribution in [3.8, 4) is 0 Å². The summed E-state index contributed by atoms with van der Waals surface area (Å²) in [5.41, 5.74) is -0.0727. The van der Waals surface area contributed by atoms with Gasteiger partial charge in [0, 0.05) is 40.1 Å². The molecule has 0 radical (unpaired) electrons. The monoisotopic (exact) mass is 562 g/mol. The minimum atomic E-state index is -1.19. The van der Waals surface area contributed by atoms with E-state index in [1.54, 1.807) is 7.11 Å². The van der Waals surface area contributed by atoms with E-state index in [0.29, 0.717) is 25.0 Å². The molecule has 40 heavy (non-hydrogen) atoms. The average Bonchev–Trinajstić information content (AvgIpc) is 3.18. The first-order valence-electron chi connectivity index (χ1n) is 14.2. The second kappa shape index (κ2) is 13.0. The number of hydrogen-bond donors (Lipinski definition) is 0. The molecular weight excluding hydrogens is 516 g/mol. The first-order chi connectivity index (χ1) is 18.9. The van der Waals surface area contributed by atoms with Crippen LogP contribution in [-0.2, 0) is 42.8 Å². The Morgan fingerprint density at radius 1 is 1.10 bits per heavy atom. The highest BCUT2D eigenvalue weighted by molar-refractivity contribution is 5.68. The molecule has 0 amide bonds. The highest BCUT2D eigenvalue weighted by atomic mass is 16.8. The van der Waals surface area contributed by atoms with E-state index in [2.05, 4.69) is 33.4 Å². The summed E-state index contributed by atoms with van der Waals surface area (Å²) in [5.74, 6) is -2.00. The first-order valence-corrected chi connectivity index (χ1v) is 14.2. The van der Waals surface area contributed by atoms with Gasteiger partial charge in [0.15, 0.2) is 0 Å². The molecule has 0 unspecified atom stereocenters. The summed E-state index contributed by atoms with van der Waals surface area (Å²) in [7, 11) is 1.63. The van der Waals surface area contributed by atoms with Crippen LogP contribution in [0.4, 0.5) is 0 Å². The van der Waals surface area contributed by atoms with E-state index in [4.69, 9.17) is 28.4 Å². The molecule has 9 nitrogen and oxygen atoms in total. The van der Waals surface area contributed by atoms with Gasteiger partial charge < -0.3 is 23.7 Å². The molecule has 1 spiro atoms. The van der Waals surface area contributed by atoms with Crippen LogP contribution in [0.15, 0.2) is 36.0 Å². The van der Waals surface area contributed by atoms with Crippen molar-refractivity contribution >= 4 is 17.9 Å². The Morgan fingerprint density at radius 3 is 2.30 bits per heavy atom. The van der Waals surface area contributed by atoms with Crippen LogP contribution in [0.1, 0.15) is 74.1 Å². The highest BCUT2D eigenvalue weighted by Gasteiger charge is 2.75. The summed E-state index contributed by atoms with van der Waals surface area (Å²) in [6, 6.07) is 0. The van der Waals surface area contributed by atoms with Gasteiger partial charge in [-0.3, -0.25) is 19.1 Å². The fraction of sp³-hybridized carbons (Fsp3) is 0.710. The molecule has 1 saturated heterocycles. The Balaban J connectivity index is 2.37. The lowest BCUT2D eigenvalue weighted by Gasteiger charge is -2.63. The summed E-state index contributed by atoms with van der Waals surface area (Å²) >= 11 is 0. The second-order valence-electron chi connectivity index (χ2n) is 11.5. The molecule has 0 aromatic carbocycles. The number of rotatable bonds is 11. The molecule has 224 valence electrons. The zero-order valence-corrected chi connectivity index (χ0v) is 25.2. The third kappa shape index (κ3) is 5.92. The molecule has 1 saturated carbocycles. The Labute approximate surface area is 238 Å². The standard InChI is InChI=1S/C31H46O9/c1-10-12-15-36-26-19(4)30(8,14-13-18(3)11-2)25-17-23(35-9)16-24-28(38-21(6)33)40-29(39-22(7)34)31(24,25)27(26)37-20(5)32/h11,13,16,19,23,25-29H,2,10,12,14-15,17H2,1,3-9H3/b18-13-/t19-,23+,25+,26-,27-,28+,29-,30-,31+/m1/s1. The van der Waals surface area contributed by atoms with Gasteiger partial charge in [0.05, 0.1) is 12.2 Å². The topological polar surface area (TPSA) is 107 Å². The molecule has 1 aliphatic heterocycles. The maximum absolute atomic E-state index is 12.7. The van der Waals surface area contributed by atoms with Gasteiger partial charge in [0.1, 0.15) is 11.5 Å². The normalized spacial score (nSPS) is 37.0. The first kappa shape index (κ1) is 32.0. The van der Waals surface area contributed by atoms with Crippen LogP contribution in [0, 0.1) is 22.7 Å². The zero-order chi connectivity index (χ0) is 29.8. The molecule has 2 aliphatic carbocycles. The van der Waals surface area contributed by atoms with Gasteiger partial charge in [-0.2, -0.15) is 0 Å². The van der Waals surface area contributed by atoms with E-state index >= 15 is 0 Å². The van der Waals surface area contributed by atoms with E-state index in [9.17, 15) is 14.4 Å². The van der Waals surface area contributed by atoms with Gasteiger partial charge in [0.25, 0.3) is 0 Å². The molecule has 9 atom stereocenters. The predicted octanol–water partition coefficient (Wildman–Crippen LogP) is 5.04. The van der Waals surface area contributed by atoms with Crippen LogP contribution in [0.3, 0.4) is 0 Å². The third-order valence-electron chi connectivity index (χ3n) is 9.04. The van der Waals surface area contributed by atoms with Crippen molar-refractivity contribution < 1.29 is 42.8 Å². The SMILES string of the molecule is C=C/C(C)=C\C[C@]1(C)[C@H](C)[C@@H](OCCCC)[C@@H](OC(C)=O)[C@]23C(=C[C@H](OC)C[C@@H]12)[C@@H](OC(C)=O)O[C@H]3OC(C)=O. The smallest absolute Gasteiger partial charge is 0.305 e. The lowest BCUT2D eigenvalue weighted by atomic mass is 9.44. The van der Waals surface area contributed by atoms with Crippen molar-refractivity contribution in [1.82, 2.24) is 0 Å². The molecule has 2 fully saturated rings. The van der Waals surface area contributed by atoms with E-state index < -0.39 is 53.5 Å². The fourth-order valence-corrected chi connectivity index (χ4v) is 6.87. The number of carbonyl (C=O) groups is 3. The highest BCUT2D eigenvalue weighted by Crippen LogP contribution is 2.68. The summed E-state index contributed by atoms with van der Waals surface area (Å²) in [5, 5.41) is 0. The van der Waals surface area contributed by atoms with Crippen molar-refractivity contribution in [2.24, 2.45) is 22.7 Å². The van der Waals surface area contributed by atoms with E-state index in [0.717, 1.165) is 18.4 Å². The number of allylic oxidation sites excluding steroid dienone is 3. The van der Waals surface area contributed by atoms with Crippen LogP contribution in [0.2, 0.25) is 0 Å². The molecule has 3 rings (SSSR count). The van der Waals surface area contributed by atoms with Crippen molar-refractivity contribution in [2.75, 3.05) is 13.7 Å². The summed E-state index contributed by atoms with van der Waals surface area (Å²) in [6.07, 6.45) is 4.64. The van der Waals surface area contributed by atoms with Crippen molar-refractivity contribution in [3.63, 3.8) is 0 Å². The zero-order valence-electron chi connectivity index (χ0n) is 25.2. The third-order valence-corrected chi connectivity index (χ3v) is 9.04. The van der Waals surface area contributed by atoms with Gasteiger partial charge in [-0.25, -0.2) is 0 Å². The molecular formula is C31H46O9. The molecule has 0 bridgehead atoms. The molecule has 0 aromatic heterocycles. The van der Waals surface area contributed by atoms with Crippen LogP contribution in [-0.4, -0.2) is 62.5 Å². The van der Waals surface area contributed by atoms with E-state index in [1.807, 2.05) is 19.1 Å². The number of unbranched alkanes of at least 4 members (excludes halogenated alkanes) is 1. The van der Waals surface area contributed by atoms with Gasteiger partial charge in [-0.05, 0) is 49.5 Å². The van der Waals surface area contributed by atoms with Crippen molar-refractivity contribution in [3.05, 3.63) is 36.0 Å². The maximum Gasteiger partial charge on any atom is 0.305 e. The minimum absolute atomic E-state index is 0.0965.